The molecule has 6 nitrogen and oxygen atoms in total. The molecule has 0 bridgehead atoms. The van der Waals surface area contributed by atoms with Gasteiger partial charge in [0.1, 0.15) is 0 Å². The molecule has 26 heavy (non-hydrogen) atoms. The number of hydrogen-bond acceptors (Lipinski definition) is 3. The van der Waals surface area contributed by atoms with E-state index < -0.39 is 0 Å². The predicted octanol–water partition coefficient (Wildman–Crippen LogP) is 3.20. The van der Waals surface area contributed by atoms with Gasteiger partial charge in [0, 0.05) is 31.4 Å². The average molecular weight is 358 g/mol. The lowest BCUT2D eigenvalue weighted by Gasteiger charge is -2.37. The van der Waals surface area contributed by atoms with Gasteiger partial charge in [0.05, 0.1) is 0 Å². The Hall–Kier alpha value is -2.08. The minimum atomic E-state index is -0.0964. The monoisotopic (exact) mass is 358 g/mol. The molecule has 2 aliphatic rings. The molecule has 6 heteroatoms. The quantitative estimate of drug-likeness (QED) is 0.777. The molecule has 0 aromatic heterocycles. The Morgan fingerprint density at radius 3 is 2.50 bits per heavy atom. The molecule has 3 amide bonds. The van der Waals surface area contributed by atoms with Gasteiger partial charge in [-0.15, -0.1) is 0 Å². The van der Waals surface area contributed by atoms with Crippen molar-refractivity contribution in [3.8, 4) is 0 Å². The van der Waals surface area contributed by atoms with Crippen molar-refractivity contribution in [3.05, 3.63) is 23.8 Å². The fraction of sp³-hybridized carbons (Fsp3) is 0.600. The van der Waals surface area contributed by atoms with Crippen LogP contribution in [0.15, 0.2) is 18.2 Å². The van der Waals surface area contributed by atoms with Crippen molar-refractivity contribution in [2.45, 2.75) is 39.5 Å². The van der Waals surface area contributed by atoms with E-state index in [1.54, 1.807) is 0 Å². The van der Waals surface area contributed by atoms with Crippen LogP contribution in [0.1, 0.15) is 38.2 Å². The van der Waals surface area contributed by atoms with Crippen LogP contribution in [-0.2, 0) is 4.79 Å². The van der Waals surface area contributed by atoms with E-state index in [9.17, 15) is 9.59 Å². The second kappa shape index (κ2) is 8.54. The second-order valence-electron chi connectivity index (χ2n) is 7.57. The Balaban J connectivity index is 1.51. The van der Waals surface area contributed by atoms with E-state index in [4.69, 9.17) is 0 Å². The topological polar surface area (TPSA) is 73.5 Å². The SMILES string of the molecule is CC(=O)Nc1ccc(NC(=O)N2CCC(C3CCCNC3)CC2)cc1C. The molecule has 3 rings (SSSR count). The van der Waals surface area contributed by atoms with Crippen LogP contribution in [0.25, 0.3) is 0 Å². The van der Waals surface area contributed by atoms with Crippen LogP contribution in [0.4, 0.5) is 16.2 Å². The summed E-state index contributed by atoms with van der Waals surface area (Å²) in [5, 5.41) is 9.28. The number of nitrogens with one attached hydrogen (secondary N) is 3. The van der Waals surface area contributed by atoms with Crippen LogP contribution >= 0.6 is 0 Å². The van der Waals surface area contributed by atoms with E-state index in [2.05, 4.69) is 16.0 Å². The number of urea groups is 1. The maximum absolute atomic E-state index is 12.6. The van der Waals surface area contributed by atoms with Crippen LogP contribution in [-0.4, -0.2) is 43.0 Å². The van der Waals surface area contributed by atoms with Crippen LogP contribution < -0.4 is 16.0 Å². The van der Waals surface area contributed by atoms with Gasteiger partial charge in [-0.25, -0.2) is 4.79 Å². The first-order valence-electron chi connectivity index (χ1n) is 9.68. The Morgan fingerprint density at radius 2 is 1.88 bits per heavy atom. The number of likely N-dealkylation sites (tertiary alicyclic amines) is 1. The van der Waals surface area contributed by atoms with Crippen molar-refractivity contribution >= 4 is 23.3 Å². The highest BCUT2D eigenvalue weighted by atomic mass is 16.2. The Bertz CT molecular complexity index is 647. The summed E-state index contributed by atoms with van der Waals surface area (Å²) in [5.41, 5.74) is 2.47. The third-order valence-corrected chi connectivity index (χ3v) is 5.62. The van der Waals surface area contributed by atoms with Crippen molar-refractivity contribution < 1.29 is 9.59 Å². The smallest absolute Gasteiger partial charge is 0.321 e. The minimum Gasteiger partial charge on any atom is -0.326 e. The van der Waals surface area contributed by atoms with Crippen molar-refractivity contribution in [3.63, 3.8) is 0 Å². The summed E-state index contributed by atoms with van der Waals surface area (Å²) in [4.78, 5) is 25.7. The number of rotatable bonds is 3. The van der Waals surface area contributed by atoms with Gasteiger partial charge < -0.3 is 20.9 Å². The van der Waals surface area contributed by atoms with Gasteiger partial charge in [-0.2, -0.15) is 0 Å². The molecule has 3 N–H and O–H groups in total. The van der Waals surface area contributed by atoms with Crippen LogP contribution in [0.5, 0.6) is 0 Å². The fourth-order valence-electron chi connectivity index (χ4n) is 4.13. The highest BCUT2D eigenvalue weighted by molar-refractivity contribution is 5.92. The lowest BCUT2D eigenvalue weighted by Crippen LogP contribution is -2.44. The molecule has 0 radical (unpaired) electrons. The summed E-state index contributed by atoms with van der Waals surface area (Å²) in [6.45, 7) is 7.35. The third-order valence-electron chi connectivity index (χ3n) is 5.62. The zero-order valence-corrected chi connectivity index (χ0v) is 15.8. The van der Waals surface area contributed by atoms with E-state index in [1.807, 2.05) is 30.0 Å². The van der Waals surface area contributed by atoms with Crippen molar-refractivity contribution in [2.75, 3.05) is 36.8 Å². The number of aryl methyl sites for hydroxylation is 1. The molecule has 2 aliphatic heterocycles. The van der Waals surface area contributed by atoms with Gasteiger partial charge in [0.15, 0.2) is 0 Å². The molecule has 0 aliphatic carbocycles. The normalized spacial score (nSPS) is 21.3. The van der Waals surface area contributed by atoms with E-state index in [-0.39, 0.29) is 11.9 Å². The van der Waals surface area contributed by atoms with Crippen LogP contribution in [0, 0.1) is 18.8 Å². The lowest BCUT2D eigenvalue weighted by atomic mass is 9.80. The number of carbonyl (C=O) groups excluding carboxylic acids is 2. The summed E-state index contributed by atoms with van der Waals surface area (Å²) < 4.78 is 0. The first-order chi connectivity index (χ1) is 12.5. The van der Waals surface area contributed by atoms with E-state index in [0.717, 1.165) is 67.8 Å². The number of nitrogens with zero attached hydrogens (tertiary/aromatic N) is 1. The first-order valence-corrected chi connectivity index (χ1v) is 9.68. The largest absolute Gasteiger partial charge is 0.326 e. The molecule has 2 heterocycles. The third kappa shape index (κ3) is 4.75. The summed E-state index contributed by atoms with van der Waals surface area (Å²) in [6.07, 6.45) is 4.80. The molecule has 0 saturated carbocycles. The molecule has 2 fully saturated rings. The number of amides is 3. The Morgan fingerprint density at radius 1 is 1.12 bits per heavy atom. The van der Waals surface area contributed by atoms with Crippen molar-refractivity contribution in [1.29, 1.82) is 0 Å². The fourth-order valence-corrected chi connectivity index (χ4v) is 4.13. The lowest BCUT2D eigenvalue weighted by molar-refractivity contribution is -0.114. The van der Waals surface area contributed by atoms with Gasteiger partial charge in [-0.05, 0) is 81.3 Å². The van der Waals surface area contributed by atoms with E-state index in [0.29, 0.717) is 0 Å². The molecule has 1 aromatic carbocycles. The van der Waals surface area contributed by atoms with Gasteiger partial charge >= 0.3 is 6.03 Å². The first kappa shape index (κ1) is 18.7. The maximum Gasteiger partial charge on any atom is 0.321 e. The summed E-state index contributed by atoms with van der Waals surface area (Å²) >= 11 is 0. The van der Waals surface area contributed by atoms with Crippen LogP contribution in [0.3, 0.4) is 0 Å². The highest BCUT2D eigenvalue weighted by Gasteiger charge is 2.29. The number of benzene rings is 1. The zero-order valence-electron chi connectivity index (χ0n) is 15.8. The summed E-state index contributed by atoms with van der Waals surface area (Å²) in [6, 6.07) is 5.52. The number of anilines is 2. The zero-order chi connectivity index (χ0) is 18.5. The number of piperidine rings is 2. The summed E-state index contributed by atoms with van der Waals surface area (Å²) in [5.74, 6) is 1.42. The molecule has 1 atom stereocenters. The Kier molecular flexibility index (Phi) is 6.14. The molecule has 2 saturated heterocycles. The number of hydrogen-bond donors (Lipinski definition) is 3. The van der Waals surface area contributed by atoms with E-state index in [1.165, 1.54) is 19.8 Å². The Labute approximate surface area is 155 Å². The molecule has 1 unspecified atom stereocenters. The summed E-state index contributed by atoms with van der Waals surface area (Å²) in [7, 11) is 0. The molecular formula is C20H30N4O2. The van der Waals surface area contributed by atoms with Gasteiger partial charge in [0.2, 0.25) is 5.91 Å². The van der Waals surface area contributed by atoms with Gasteiger partial charge in [-0.3, -0.25) is 4.79 Å². The van der Waals surface area contributed by atoms with Crippen molar-refractivity contribution in [2.24, 2.45) is 11.8 Å². The average Bonchev–Trinajstić information content (AvgIpc) is 2.64. The number of carbonyl (C=O) groups is 2. The highest BCUT2D eigenvalue weighted by Crippen LogP contribution is 2.29. The molecule has 1 aromatic rings. The maximum atomic E-state index is 12.6. The van der Waals surface area contributed by atoms with Gasteiger partial charge in [0.25, 0.3) is 0 Å². The standard InChI is InChI=1S/C20H30N4O2/c1-14-12-18(5-6-19(14)22-15(2)25)23-20(26)24-10-7-16(8-11-24)17-4-3-9-21-13-17/h5-6,12,16-17,21H,3-4,7-11,13H2,1-2H3,(H,22,25)(H,23,26). The predicted molar refractivity (Wildman–Crippen MR) is 104 cm³/mol. The van der Waals surface area contributed by atoms with Crippen LogP contribution in [0.2, 0.25) is 0 Å². The minimum absolute atomic E-state index is 0.0307. The van der Waals surface area contributed by atoms with E-state index >= 15 is 0 Å². The molecule has 142 valence electrons. The van der Waals surface area contributed by atoms with Gasteiger partial charge in [-0.1, -0.05) is 0 Å². The van der Waals surface area contributed by atoms with Crippen molar-refractivity contribution in [1.82, 2.24) is 10.2 Å². The second-order valence-corrected chi connectivity index (χ2v) is 7.57. The molecular weight excluding hydrogens is 328 g/mol. The molecule has 0 spiro atoms.